The largest absolute Gasteiger partial charge is 0.493 e. The average Bonchev–Trinajstić information content (AvgIpc) is 2.24. The molecular formula is C13H21NO3S. The van der Waals surface area contributed by atoms with Gasteiger partial charge in [-0.2, -0.15) is 0 Å². The normalized spacial score (nSPS) is 13.3. The van der Waals surface area contributed by atoms with Crippen LogP contribution in [-0.2, 0) is 9.84 Å². The highest BCUT2D eigenvalue weighted by atomic mass is 32.2. The Morgan fingerprint density at radius 2 is 2.06 bits per heavy atom. The highest BCUT2D eigenvalue weighted by Crippen LogP contribution is 2.25. The number of hydrogen-bond donors (Lipinski definition) is 1. The van der Waals surface area contributed by atoms with Gasteiger partial charge in [-0.05, 0) is 26.3 Å². The lowest BCUT2D eigenvalue weighted by molar-refractivity contribution is 0.313. The Hall–Kier alpha value is -1.07. The molecule has 1 aromatic rings. The molecule has 0 radical (unpaired) electrons. The first-order chi connectivity index (χ1) is 8.29. The highest BCUT2D eigenvalue weighted by molar-refractivity contribution is 7.90. The Morgan fingerprint density at radius 1 is 1.39 bits per heavy atom. The van der Waals surface area contributed by atoms with Crippen LogP contribution in [0.5, 0.6) is 5.75 Å². The summed E-state index contributed by atoms with van der Waals surface area (Å²) in [5.74, 6) is 0.885. The molecule has 0 aromatic heterocycles. The Bertz CT molecular complexity index is 495. The zero-order valence-electron chi connectivity index (χ0n) is 11.1. The van der Waals surface area contributed by atoms with Crippen molar-refractivity contribution in [3.8, 4) is 5.75 Å². The van der Waals surface area contributed by atoms with E-state index in [-0.39, 0.29) is 11.8 Å². The van der Waals surface area contributed by atoms with Gasteiger partial charge in [-0.1, -0.05) is 17.7 Å². The van der Waals surface area contributed by atoms with E-state index >= 15 is 0 Å². The number of ether oxygens (including phenoxy) is 1. The van der Waals surface area contributed by atoms with Crippen molar-refractivity contribution < 1.29 is 13.2 Å². The topological polar surface area (TPSA) is 69.4 Å². The molecule has 0 aliphatic rings. The van der Waals surface area contributed by atoms with Crippen LogP contribution in [0.2, 0.25) is 0 Å². The van der Waals surface area contributed by atoms with Crippen LogP contribution in [0.25, 0.3) is 0 Å². The lowest BCUT2D eigenvalue weighted by atomic mass is 10.1. The summed E-state index contributed by atoms with van der Waals surface area (Å²) in [6.07, 6.45) is 1.72. The zero-order valence-corrected chi connectivity index (χ0v) is 12.0. The molecule has 5 heteroatoms. The molecule has 0 aliphatic heterocycles. The van der Waals surface area contributed by atoms with Gasteiger partial charge in [-0.15, -0.1) is 0 Å². The Kier molecular flexibility index (Phi) is 5.16. The van der Waals surface area contributed by atoms with Gasteiger partial charge in [0, 0.05) is 17.9 Å². The third-order valence-electron chi connectivity index (χ3n) is 2.57. The van der Waals surface area contributed by atoms with Crippen molar-refractivity contribution in [2.24, 2.45) is 5.73 Å². The van der Waals surface area contributed by atoms with Crippen LogP contribution in [0.3, 0.4) is 0 Å². The summed E-state index contributed by atoms with van der Waals surface area (Å²) < 4.78 is 27.6. The summed E-state index contributed by atoms with van der Waals surface area (Å²) in [7, 11) is -2.92. The van der Waals surface area contributed by atoms with E-state index in [0.29, 0.717) is 13.0 Å². The summed E-state index contributed by atoms with van der Waals surface area (Å²) in [5, 5.41) is 0. The van der Waals surface area contributed by atoms with Gasteiger partial charge >= 0.3 is 0 Å². The smallest absolute Gasteiger partial charge is 0.147 e. The number of nitrogens with two attached hydrogens (primary N) is 1. The molecule has 0 bridgehead atoms. The predicted molar refractivity (Wildman–Crippen MR) is 73.6 cm³/mol. The van der Waals surface area contributed by atoms with Gasteiger partial charge < -0.3 is 10.5 Å². The standard InChI is InChI=1S/C13H21NO3S/c1-10-5-6-13(12(9-10)11(2)14)17-7-4-8-18(3,15)16/h5-6,9,11H,4,7-8,14H2,1-3H3. The maximum Gasteiger partial charge on any atom is 0.147 e. The molecule has 0 heterocycles. The van der Waals surface area contributed by atoms with Crippen molar-refractivity contribution in [3.05, 3.63) is 29.3 Å². The van der Waals surface area contributed by atoms with Crippen LogP contribution >= 0.6 is 0 Å². The van der Waals surface area contributed by atoms with Gasteiger partial charge in [0.2, 0.25) is 0 Å². The maximum absolute atomic E-state index is 11.0. The van der Waals surface area contributed by atoms with Gasteiger partial charge in [0.1, 0.15) is 15.6 Å². The Labute approximate surface area is 109 Å². The van der Waals surface area contributed by atoms with E-state index in [1.807, 2.05) is 32.0 Å². The number of sulfone groups is 1. The molecule has 1 rings (SSSR count). The summed E-state index contributed by atoms with van der Waals surface area (Å²) in [4.78, 5) is 0. The minimum atomic E-state index is -2.92. The van der Waals surface area contributed by atoms with E-state index in [0.717, 1.165) is 16.9 Å². The summed E-state index contributed by atoms with van der Waals surface area (Å²) in [5.41, 5.74) is 7.96. The van der Waals surface area contributed by atoms with Crippen LogP contribution in [0.4, 0.5) is 0 Å². The summed E-state index contributed by atoms with van der Waals surface area (Å²) in [6, 6.07) is 5.73. The second-order valence-electron chi connectivity index (χ2n) is 4.66. The molecular weight excluding hydrogens is 250 g/mol. The van der Waals surface area contributed by atoms with E-state index in [4.69, 9.17) is 10.5 Å². The molecule has 4 nitrogen and oxygen atoms in total. The van der Waals surface area contributed by atoms with Crippen LogP contribution in [0.1, 0.15) is 30.5 Å². The van der Waals surface area contributed by atoms with Gasteiger partial charge in [0.25, 0.3) is 0 Å². The Morgan fingerprint density at radius 3 is 2.61 bits per heavy atom. The molecule has 102 valence electrons. The Balaban J connectivity index is 2.62. The molecule has 0 amide bonds. The minimum absolute atomic E-state index is 0.102. The van der Waals surface area contributed by atoms with Crippen LogP contribution in [0.15, 0.2) is 18.2 Å². The van der Waals surface area contributed by atoms with Crippen molar-refractivity contribution in [2.75, 3.05) is 18.6 Å². The van der Waals surface area contributed by atoms with Crippen LogP contribution in [-0.4, -0.2) is 27.0 Å². The van der Waals surface area contributed by atoms with Crippen molar-refractivity contribution in [2.45, 2.75) is 26.3 Å². The van der Waals surface area contributed by atoms with Gasteiger partial charge in [-0.25, -0.2) is 8.42 Å². The number of benzene rings is 1. The summed E-state index contributed by atoms with van der Waals surface area (Å²) in [6.45, 7) is 4.29. The fraction of sp³-hybridized carbons (Fsp3) is 0.538. The maximum atomic E-state index is 11.0. The molecule has 0 spiro atoms. The molecule has 0 saturated carbocycles. The van der Waals surface area contributed by atoms with Crippen molar-refractivity contribution in [1.82, 2.24) is 0 Å². The predicted octanol–water partition coefficient (Wildman–Crippen LogP) is 1.83. The lowest BCUT2D eigenvalue weighted by Crippen LogP contribution is -2.11. The SMILES string of the molecule is Cc1ccc(OCCCS(C)(=O)=O)c(C(C)N)c1. The second kappa shape index (κ2) is 6.20. The third-order valence-corrected chi connectivity index (χ3v) is 3.60. The van der Waals surface area contributed by atoms with E-state index in [1.165, 1.54) is 6.26 Å². The highest BCUT2D eigenvalue weighted by Gasteiger charge is 2.09. The summed E-state index contributed by atoms with van der Waals surface area (Å²) >= 11 is 0. The van der Waals surface area contributed by atoms with Crippen molar-refractivity contribution >= 4 is 9.84 Å². The number of aryl methyl sites for hydroxylation is 1. The van der Waals surface area contributed by atoms with Crippen LogP contribution < -0.4 is 10.5 Å². The molecule has 0 fully saturated rings. The fourth-order valence-electron chi connectivity index (χ4n) is 1.66. The van der Waals surface area contributed by atoms with Crippen molar-refractivity contribution in [1.29, 1.82) is 0 Å². The van der Waals surface area contributed by atoms with E-state index in [9.17, 15) is 8.42 Å². The molecule has 1 aromatic carbocycles. The third kappa shape index (κ3) is 5.06. The monoisotopic (exact) mass is 271 g/mol. The quantitative estimate of drug-likeness (QED) is 0.801. The zero-order chi connectivity index (χ0) is 13.8. The van der Waals surface area contributed by atoms with E-state index < -0.39 is 9.84 Å². The molecule has 18 heavy (non-hydrogen) atoms. The van der Waals surface area contributed by atoms with Gasteiger partial charge in [0.15, 0.2) is 0 Å². The molecule has 0 saturated heterocycles. The molecule has 1 unspecified atom stereocenters. The minimum Gasteiger partial charge on any atom is -0.493 e. The lowest BCUT2D eigenvalue weighted by Gasteiger charge is -2.14. The first-order valence-corrected chi connectivity index (χ1v) is 8.02. The van der Waals surface area contributed by atoms with Gasteiger partial charge in [-0.3, -0.25) is 0 Å². The van der Waals surface area contributed by atoms with Crippen LogP contribution in [0, 0.1) is 6.92 Å². The average molecular weight is 271 g/mol. The number of rotatable bonds is 6. The fourth-order valence-corrected chi connectivity index (χ4v) is 2.30. The van der Waals surface area contributed by atoms with Gasteiger partial charge in [0.05, 0.1) is 12.4 Å². The molecule has 0 aliphatic carbocycles. The van der Waals surface area contributed by atoms with E-state index in [2.05, 4.69) is 0 Å². The number of hydrogen-bond acceptors (Lipinski definition) is 4. The van der Waals surface area contributed by atoms with E-state index in [1.54, 1.807) is 0 Å². The second-order valence-corrected chi connectivity index (χ2v) is 6.92. The van der Waals surface area contributed by atoms with Crippen molar-refractivity contribution in [3.63, 3.8) is 0 Å². The first kappa shape index (κ1) is 15.0. The first-order valence-electron chi connectivity index (χ1n) is 5.96. The molecule has 2 N–H and O–H groups in total. The molecule has 1 atom stereocenters.